The van der Waals surface area contributed by atoms with Gasteiger partial charge < -0.3 is 5.32 Å². The number of nitrogens with one attached hydrogen (secondary N) is 1. The van der Waals surface area contributed by atoms with Crippen LogP contribution in [-0.4, -0.2) is 10.9 Å². The molecule has 2 heterocycles. The van der Waals surface area contributed by atoms with Gasteiger partial charge in [-0.15, -0.1) is 0 Å². The third-order valence-corrected chi connectivity index (χ3v) is 5.07. The van der Waals surface area contributed by atoms with Gasteiger partial charge >= 0.3 is 0 Å². The molecular weight excluding hydrogens is 292 g/mol. The fraction of sp³-hybridized carbons (Fsp3) is 0.444. The number of carbonyl (C=O) groups is 1. The summed E-state index contributed by atoms with van der Waals surface area (Å²) in [5, 5.41) is 7.17. The first-order valence-electron chi connectivity index (χ1n) is 8.05. The van der Waals surface area contributed by atoms with E-state index in [-0.39, 0.29) is 5.91 Å². The van der Waals surface area contributed by atoms with Crippen LogP contribution < -0.4 is 5.32 Å². The Morgan fingerprint density at radius 3 is 2.95 bits per heavy atom. The quantitative estimate of drug-likeness (QED) is 0.859. The van der Waals surface area contributed by atoms with Crippen molar-refractivity contribution in [3.8, 4) is 11.3 Å². The molecule has 1 saturated carbocycles. The zero-order valence-corrected chi connectivity index (χ0v) is 13.6. The molecule has 0 atom stereocenters. The fourth-order valence-electron chi connectivity index (χ4n) is 3.08. The molecule has 2 aromatic heterocycles. The summed E-state index contributed by atoms with van der Waals surface area (Å²) < 4.78 is 0. The van der Waals surface area contributed by atoms with E-state index in [1.807, 2.05) is 12.3 Å². The number of amides is 1. The van der Waals surface area contributed by atoms with Crippen molar-refractivity contribution in [3.63, 3.8) is 0 Å². The molecule has 1 fully saturated rings. The van der Waals surface area contributed by atoms with Gasteiger partial charge in [0, 0.05) is 30.1 Å². The van der Waals surface area contributed by atoms with Crippen molar-refractivity contribution < 1.29 is 4.79 Å². The molecule has 2 aromatic rings. The highest BCUT2D eigenvalue weighted by molar-refractivity contribution is 7.08. The van der Waals surface area contributed by atoms with E-state index in [0.29, 0.717) is 13.0 Å². The smallest absolute Gasteiger partial charge is 0.220 e. The van der Waals surface area contributed by atoms with Crippen LogP contribution in [0.4, 0.5) is 0 Å². The van der Waals surface area contributed by atoms with Crippen molar-refractivity contribution in [1.29, 1.82) is 0 Å². The summed E-state index contributed by atoms with van der Waals surface area (Å²) in [4.78, 5) is 16.4. The van der Waals surface area contributed by atoms with Crippen LogP contribution >= 0.6 is 11.3 Å². The highest BCUT2D eigenvalue weighted by Gasteiger charge is 2.16. The molecule has 116 valence electrons. The number of hydrogen-bond acceptors (Lipinski definition) is 3. The molecule has 0 bridgehead atoms. The number of pyridine rings is 1. The average molecular weight is 314 g/mol. The molecule has 22 heavy (non-hydrogen) atoms. The van der Waals surface area contributed by atoms with Gasteiger partial charge in [0.05, 0.1) is 5.69 Å². The largest absolute Gasteiger partial charge is 0.352 e. The zero-order chi connectivity index (χ0) is 15.2. The Balaban J connectivity index is 1.48. The summed E-state index contributed by atoms with van der Waals surface area (Å²) in [5.41, 5.74) is 3.21. The molecule has 1 aliphatic carbocycles. The van der Waals surface area contributed by atoms with Crippen molar-refractivity contribution in [2.45, 2.75) is 45.1 Å². The van der Waals surface area contributed by atoms with Crippen LogP contribution in [0.15, 0.2) is 35.2 Å². The molecule has 4 heteroatoms. The van der Waals surface area contributed by atoms with E-state index >= 15 is 0 Å². The van der Waals surface area contributed by atoms with E-state index in [2.05, 4.69) is 33.2 Å². The minimum Gasteiger partial charge on any atom is -0.352 e. The predicted molar refractivity (Wildman–Crippen MR) is 90.6 cm³/mol. The first-order chi connectivity index (χ1) is 10.8. The number of rotatable bonds is 6. The van der Waals surface area contributed by atoms with Gasteiger partial charge in [-0.25, -0.2) is 0 Å². The molecule has 0 aliphatic heterocycles. The number of nitrogens with zero attached hydrogens (tertiary/aromatic N) is 1. The Bertz CT molecular complexity index is 603. The van der Waals surface area contributed by atoms with Crippen LogP contribution in [0.1, 0.15) is 44.1 Å². The summed E-state index contributed by atoms with van der Waals surface area (Å²) in [6.07, 6.45) is 8.81. The third-order valence-electron chi connectivity index (χ3n) is 4.39. The Morgan fingerprint density at radius 2 is 2.18 bits per heavy atom. The lowest BCUT2D eigenvalue weighted by atomic mass is 10.0. The van der Waals surface area contributed by atoms with E-state index in [4.69, 9.17) is 0 Å². The number of aromatic nitrogens is 1. The molecule has 0 saturated heterocycles. The average Bonchev–Trinajstić information content (AvgIpc) is 3.24. The second kappa shape index (κ2) is 7.54. The van der Waals surface area contributed by atoms with Crippen LogP contribution in [0, 0.1) is 5.92 Å². The first-order valence-corrected chi connectivity index (χ1v) is 9.00. The summed E-state index contributed by atoms with van der Waals surface area (Å²) >= 11 is 1.67. The lowest BCUT2D eigenvalue weighted by molar-refractivity contribution is -0.121. The Morgan fingerprint density at radius 1 is 1.32 bits per heavy atom. The molecule has 0 radical (unpaired) electrons. The Labute approximate surface area is 135 Å². The molecule has 1 N–H and O–H groups in total. The van der Waals surface area contributed by atoms with Gasteiger partial charge in [-0.1, -0.05) is 25.7 Å². The number of carbonyl (C=O) groups excluding carboxylic acids is 1. The Kier molecular flexibility index (Phi) is 5.22. The molecule has 1 aliphatic rings. The van der Waals surface area contributed by atoms with Crippen molar-refractivity contribution in [2.24, 2.45) is 5.92 Å². The molecular formula is C18H22N2OS. The van der Waals surface area contributed by atoms with Gasteiger partial charge in [-0.05, 0) is 41.5 Å². The van der Waals surface area contributed by atoms with E-state index in [1.165, 1.54) is 25.7 Å². The lowest BCUT2D eigenvalue weighted by Gasteiger charge is -2.09. The van der Waals surface area contributed by atoms with Crippen molar-refractivity contribution in [1.82, 2.24) is 10.3 Å². The molecule has 0 aromatic carbocycles. The van der Waals surface area contributed by atoms with E-state index in [0.717, 1.165) is 29.2 Å². The highest BCUT2D eigenvalue weighted by Crippen LogP contribution is 2.28. The number of thiophene rings is 1. The normalized spacial score (nSPS) is 15.1. The maximum absolute atomic E-state index is 12.0. The summed E-state index contributed by atoms with van der Waals surface area (Å²) in [5.74, 6) is 0.942. The molecule has 0 spiro atoms. The molecule has 0 unspecified atom stereocenters. The highest BCUT2D eigenvalue weighted by atomic mass is 32.1. The second-order valence-corrected chi connectivity index (χ2v) is 6.81. The predicted octanol–water partition coefficient (Wildman–Crippen LogP) is 4.40. The SMILES string of the molecule is O=C(CCC1CCCC1)NCc1ccnc(-c2ccsc2)c1. The zero-order valence-electron chi connectivity index (χ0n) is 12.8. The minimum absolute atomic E-state index is 0.167. The third kappa shape index (κ3) is 4.17. The summed E-state index contributed by atoms with van der Waals surface area (Å²) in [7, 11) is 0. The van der Waals surface area contributed by atoms with Crippen LogP contribution in [0.25, 0.3) is 11.3 Å². The van der Waals surface area contributed by atoms with Crippen LogP contribution in [0.2, 0.25) is 0 Å². The van der Waals surface area contributed by atoms with E-state index < -0.39 is 0 Å². The summed E-state index contributed by atoms with van der Waals surface area (Å²) in [6.45, 7) is 0.586. The second-order valence-electron chi connectivity index (χ2n) is 6.03. The van der Waals surface area contributed by atoms with Crippen molar-refractivity contribution in [3.05, 3.63) is 40.7 Å². The van der Waals surface area contributed by atoms with Crippen LogP contribution in [0.3, 0.4) is 0 Å². The van der Waals surface area contributed by atoms with Gasteiger partial charge in [0.2, 0.25) is 5.91 Å². The van der Waals surface area contributed by atoms with Gasteiger partial charge in [0.15, 0.2) is 0 Å². The van der Waals surface area contributed by atoms with E-state index in [1.54, 1.807) is 11.3 Å². The number of hydrogen-bond donors (Lipinski definition) is 1. The van der Waals surface area contributed by atoms with Crippen molar-refractivity contribution in [2.75, 3.05) is 0 Å². The topological polar surface area (TPSA) is 42.0 Å². The fourth-order valence-corrected chi connectivity index (χ4v) is 3.73. The van der Waals surface area contributed by atoms with Gasteiger partial charge in [0.1, 0.15) is 0 Å². The maximum atomic E-state index is 12.0. The summed E-state index contributed by atoms with van der Waals surface area (Å²) in [6, 6.07) is 6.09. The molecule has 3 nitrogen and oxygen atoms in total. The van der Waals surface area contributed by atoms with Gasteiger partial charge in [0.25, 0.3) is 0 Å². The molecule has 3 rings (SSSR count). The first kappa shape index (κ1) is 15.2. The minimum atomic E-state index is 0.167. The van der Waals surface area contributed by atoms with Crippen LogP contribution in [0.5, 0.6) is 0 Å². The van der Waals surface area contributed by atoms with Gasteiger partial charge in [-0.2, -0.15) is 11.3 Å². The van der Waals surface area contributed by atoms with E-state index in [9.17, 15) is 4.79 Å². The lowest BCUT2D eigenvalue weighted by Crippen LogP contribution is -2.23. The monoisotopic (exact) mass is 314 g/mol. The van der Waals surface area contributed by atoms with Crippen molar-refractivity contribution >= 4 is 17.2 Å². The maximum Gasteiger partial charge on any atom is 0.220 e. The van der Waals surface area contributed by atoms with Gasteiger partial charge in [-0.3, -0.25) is 9.78 Å². The Hall–Kier alpha value is -1.68. The standard InChI is InChI=1S/C18H22N2OS/c21-18(6-5-14-3-1-2-4-14)20-12-15-7-9-19-17(11-15)16-8-10-22-13-16/h7-11,13-14H,1-6,12H2,(H,20,21). The molecule has 1 amide bonds. The van der Waals surface area contributed by atoms with Crippen LogP contribution in [-0.2, 0) is 11.3 Å².